The Kier molecular flexibility index (Phi) is 4.61. The molecule has 0 radical (unpaired) electrons. The number of rotatable bonds is 6. The van der Waals surface area contributed by atoms with E-state index in [1.165, 1.54) is 12.8 Å². The fraction of sp³-hybridized carbons (Fsp3) is 0.286. The van der Waals surface area contributed by atoms with Gasteiger partial charge in [0.1, 0.15) is 11.6 Å². The number of aryl methyl sites for hydroxylation is 1. The number of para-hydroxylation sites is 1. The van der Waals surface area contributed by atoms with Gasteiger partial charge in [0, 0.05) is 17.1 Å². The third kappa shape index (κ3) is 3.31. The molecule has 1 aliphatic rings. The molecule has 1 aromatic carbocycles. The number of thioether (sulfide) groups is 1. The summed E-state index contributed by atoms with van der Waals surface area (Å²) in [6.45, 7) is 2.69. The monoisotopic (exact) mass is 410 g/mol. The van der Waals surface area contributed by atoms with Gasteiger partial charge in [-0.05, 0) is 43.5 Å². The Morgan fingerprint density at radius 1 is 1.18 bits per heavy atom. The topological polar surface area (TPSA) is 56.7 Å². The number of aromatic nitrogens is 4. The first kappa shape index (κ1) is 17.8. The quantitative estimate of drug-likeness (QED) is 0.387. The van der Waals surface area contributed by atoms with Crippen LogP contribution in [0.5, 0.6) is 0 Å². The largest absolute Gasteiger partial charge is 0.467 e. The van der Waals surface area contributed by atoms with Gasteiger partial charge in [0.05, 0.1) is 29.0 Å². The zero-order valence-corrected chi connectivity index (χ0v) is 17.0. The van der Waals surface area contributed by atoms with Crippen molar-refractivity contribution in [3.63, 3.8) is 0 Å². The van der Waals surface area contributed by atoms with Crippen molar-refractivity contribution in [2.45, 2.75) is 43.1 Å². The van der Waals surface area contributed by atoms with Crippen LogP contribution in [-0.4, -0.2) is 19.7 Å². The van der Waals surface area contributed by atoms with E-state index in [0.717, 1.165) is 43.9 Å². The summed E-state index contributed by atoms with van der Waals surface area (Å²) in [6, 6.07) is 12.0. The molecule has 1 fully saturated rings. The molecule has 1 saturated carbocycles. The predicted octanol–water partition coefficient (Wildman–Crippen LogP) is 5.60. The molecule has 5 rings (SSSR count). The highest BCUT2D eigenvalue weighted by molar-refractivity contribution is 7.98. The molecular formula is C21H19ClN4OS. The van der Waals surface area contributed by atoms with Gasteiger partial charge in [0.2, 0.25) is 0 Å². The lowest BCUT2D eigenvalue weighted by molar-refractivity contribution is 0.478. The number of pyridine rings is 1. The Labute approximate surface area is 172 Å². The van der Waals surface area contributed by atoms with Crippen molar-refractivity contribution in [3.8, 4) is 0 Å². The second-order valence-electron chi connectivity index (χ2n) is 7.08. The number of halogens is 1. The van der Waals surface area contributed by atoms with Crippen molar-refractivity contribution in [1.82, 2.24) is 19.7 Å². The van der Waals surface area contributed by atoms with Crippen LogP contribution in [0.15, 0.2) is 52.2 Å². The summed E-state index contributed by atoms with van der Waals surface area (Å²) >= 11 is 8.25. The molecule has 4 aromatic rings. The Hall–Kier alpha value is -2.31. The number of hydrogen-bond acceptors (Lipinski definition) is 5. The standard InChI is InChI=1S/C21H19ClN4OS/c1-13-16-6-2-3-7-17(16)23-18(19(13)22)12-28-21-25-24-20(14-8-9-14)26(21)11-15-5-4-10-27-15/h2-7,10,14H,8-9,11-12H2,1H3. The molecule has 0 bridgehead atoms. The third-order valence-corrected chi connectivity index (χ3v) is 6.55. The molecule has 142 valence electrons. The van der Waals surface area contributed by atoms with Crippen LogP contribution in [0.4, 0.5) is 0 Å². The number of furan rings is 1. The van der Waals surface area contributed by atoms with E-state index in [1.807, 2.05) is 37.3 Å². The fourth-order valence-corrected chi connectivity index (χ4v) is 4.58. The number of hydrogen-bond donors (Lipinski definition) is 0. The van der Waals surface area contributed by atoms with E-state index < -0.39 is 0 Å². The van der Waals surface area contributed by atoms with Crippen LogP contribution < -0.4 is 0 Å². The van der Waals surface area contributed by atoms with Gasteiger partial charge >= 0.3 is 0 Å². The maximum absolute atomic E-state index is 6.63. The molecule has 0 aliphatic heterocycles. The van der Waals surface area contributed by atoms with Gasteiger partial charge in [-0.3, -0.25) is 9.55 Å². The molecule has 0 saturated heterocycles. The van der Waals surface area contributed by atoms with Crippen LogP contribution in [0.2, 0.25) is 5.02 Å². The van der Waals surface area contributed by atoms with Crippen LogP contribution >= 0.6 is 23.4 Å². The van der Waals surface area contributed by atoms with E-state index in [2.05, 4.69) is 20.8 Å². The minimum atomic E-state index is 0.515. The molecule has 0 amide bonds. The molecule has 3 heterocycles. The number of benzene rings is 1. The Balaban J connectivity index is 1.44. The van der Waals surface area contributed by atoms with Crippen molar-refractivity contribution < 1.29 is 4.42 Å². The average Bonchev–Trinajstić information content (AvgIpc) is 3.28. The summed E-state index contributed by atoms with van der Waals surface area (Å²) in [5.74, 6) is 3.11. The zero-order chi connectivity index (χ0) is 19.1. The lowest BCUT2D eigenvalue weighted by Gasteiger charge is -2.11. The van der Waals surface area contributed by atoms with Crippen LogP contribution in [0.3, 0.4) is 0 Å². The molecule has 0 spiro atoms. The van der Waals surface area contributed by atoms with Crippen molar-refractivity contribution in [3.05, 3.63) is 70.5 Å². The highest BCUT2D eigenvalue weighted by atomic mass is 35.5. The Morgan fingerprint density at radius 2 is 2.04 bits per heavy atom. The van der Waals surface area contributed by atoms with E-state index in [-0.39, 0.29) is 0 Å². The molecule has 5 nitrogen and oxygen atoms in total. The van der Waals surface area contributed by atoms with E-state index in [9.17, 15) is 0 Å². The maximum Gasteiger partial charge on any atom is 0.192 e. The van der Waals surface area contributed by atoms with Crippen molar-refractivity contribution >= 4 is 34.3 Å². The van der Waals surface area contributed by atoms with E-state index in [4.69, 9.17) is 21.0 Å². The summed E-state index contributed by atoms with van der Waals surface area (Å²) in [4.78, 5) is 4.78. The van der Waals surface area contributed by atoms with Gasteiger partial charge in [-0.15, -0.1) is 10.2 Å². The smallest absolute Gasteiger partial charge is 0.192 e. The highest BCUT2D eigenvalue weighted by Crippen LogP contribution is 2.40. The van der Waals surface area contributed by atoms with E-state index in [0.29, 0.717) is 18.2 Å². The van der Waals surface area contributed by atoms with Crippen LogP contribution in [-0.2, 0) is 12.3 Å². The molecular weight excluding hydrogens is 392 g/mol. The second kappa shape index (κ2) is 7.26. The minimum absolute atomic E-state index is 0.515. The van der Waals surface area contributed by atoms with Gasteiger partial charge < -0.3 is 4.42 Å². The summed E-state index contributed by atoms with van der Waals surface area (Å²) in [7, 11) is 0. The predicted molar refractivity (Wildman–Crippen MR) is 111 cm³/mol. The number of fused-ring (bicyclic) bond motifs is 1. The van der Waals surface area contributed by atoms with Gasteiger partial charge in [-0.1, -0.05) is 41.6 Å². The van der Waals surface area contributed by atoms with Crippen molar-refractivity contribution in [2.75, 3.05) is 0 Å². The normalized spacial score (nSPS) is 14.1. The first-order valence-electron chi connectivity index (χ1n) is 9.32. The van der Waals surface area contributed by atoms with Gasteiger partial charge in [-0.2, -0.15) is 0 Å². The van der Waals surface area contributed by atoms with Crippen LogP contribution in [0, 0.1) is 6.92 Å². The number of nitrogens with zero attached hydrogens (tertiary/aromatic N) is 4. The Bertz CT molecular complexity index is 1130. The molecule has 0 atom stereocenters. The lowest BCUT2D eigenvalue weighted by atomic mass is 10.1. The molecule has 1 aliphatic carbocycles. The van der Waals surface area contributed by atoms with Gasteiger partial charge in [0.15, 0.2) is 5.16 Å². The van der Waals surface area contributed by atoms with Crippen LogP contribution in [0.25, 0.3) is 10.9 Å². The molecule has 0 N–H and O–H groups in total. The highest BCUT2D eigenvalue weighted by Gasteiger charge is 2.30. The molecule has 28 heavy (non-hydrogen) atoms. The first-order valence-corrected chi connectivity index (χ1v) is 10.7. The molecule has 7 heteroatoms. The van der Waals surface area contributed by atoms with Crippen molar-refractivity contribution in [1.29, 1.82) is 0 Å². The summed E-state index contributed by atoms with van der Waals surface area (Å²) < 4.78 is 7.71. The van der Waals surface area contributed by atoms with Gasteiger partial charge in [-0.25, -0.2) is 0 Å². The van der Waals surface area contributed by atoms with Crippen molar-refractivity contribution in [2.24, 2.45) is 0 Å². The van der Waals surface area contributed by atoms with E-state index >= 15 is 0 Å². The summed E-state index contributed by atoms with van der Waals surface area (Å²) in [5, 5.41) is 11.6. The molecule has 0 unspecified atom stereocenters. The summed E-state index contributed by atoms with van der Waals surface area (Å²) in [5.41, 5.74) is 2.91. The maximum atomic E-state index is 6.63. The second-order valence-corrected chi connectivity index (χ2v) is 8.40. The Morgan fingerprint density at radius 3 is 2.82 bits per heavy atom. The average molecular weight is 411 g/mol. The SMILES string of the molecule is Cc1c(Cl)c(CSc2nnc(C3CC3)n2Cc2ccco2)nc2ccccc12. The first-order chi connectivity index (χ1) is 13.7. The summed E-state index contributed by atoms with van der Waals surface area (Å²) in [6.07, 6.45) is 4.06. The van der Waals surface area contributed by atoms with Gasteiger partial charge in [0.25, 0.3) is 0 Å². The minimum Gasteiger partial charge on any atom is -0.467 e. The van der Waals surface area contributed by atoms with E-state index in [1.54, 1.807) is 18.0 Å². The lowest BCUT2D eigenvalue weighted by Crippen LogP contribution is -2.05. The fourth-order valence-electron chi connectivity index (χ4n) is 3.40. The van der Waals surface area contributed by atoms with Crippen LogP contribution in [0.1, 0.15) is 41.6 Å². The molecule has 3 aromatic heterocycles. The third-order valence-electron chi connectivity index (χ3n) is 5.07. The zero-order valence-electron chi connectivity index (χ0n) is 15.4.